The van der Waals surface area contributed by atoms with Crippen molar-refractivity contribution in [2.45, 2.75) is 16.8 Å². The summed E-state index contributed by atoms with van der Waals surface area (Å²) >= 11 is 1.63. The SMILES string of the molecule is CCSc1ccc(C(=O)NCCS(=O)c2ccccc2)cn1. The Morgan fingerprint density at radius 3 is 2.64 bits per heavy atom. The molecule has 0 bridgehead atoms. The van der Waals surface area contributed by atoms with E-state index < -0.39 is 10.8 Å². The Hall–Kier alpha value is -1.66. The molecule has 0 fully saturated rings. The molecule has 2 rings (SSSR count). The normalized spacial score (nSPS) is 11.9. The van der Waals surface area contributed by atoms with Crippen molar-refractivity contribution < 1.29 is 9.00 Å². The Balaban J connectivity index is 1.81. The molecule has 0 aliphatic heterocycles. The van der Waals surface area contributed by atoms with Gasteiger partial charge in [-0.25, -0.2) is 4.98 Å². The fourth-order valence-electron chi connectivity index (χ4n) is 1.80. The standard InChI is InChI=1S/C16H18N2O2S2/c1-2-21-15-9-8-13(12-18-15)16(19)17-10-11-22(20)14-6-4-3-5-7-14/h3-9,12H,2,10-11H2,1H3,(H,17,19). The van der Waals surface area contributed by atoms with Crippen LogP contribution in [0.1, 0.15) is 17.3 Å². The van der Waals surface area contributed by atoms with Crippen molar-refractivity contribution in [2.24, 2.45) is 0 Å². The van der Waals surface area contributed by atoms with E-state index in [2.05, 4.69) is 17.2 Å². The second-order valence-corrected chi connectivity index (χ2v) is 7.29. The summed E-state index contributed by atoms with van der Waals surface area (Å²) in [5.74, 6) is 1.15. The van der Waals surface area contributed by atoms with Crippen molar-refractivity contribution in [1.82, 2.24) is 10.3 Å². The third kappa shape index (κ3) is 4.96. The average Bonchev–Trinajstić information content (AvgIpc) is 2.56. The zero-order valence-electron chi connectivity index (χ0n) is 12.3. The molecule has 0 aliphatic rings. The highest BCUT2D eigenvalue weighted by atomic mass is 32.2. The minimum atomic E-state index is -1.10. The molecule has 116 valence electrons. The second kappa shape index (κ2) is 8.70. The lowest BCUT2D eigenvalue weighted by Crippen LogP contribution is -2.27. The molecule has 0 saturated heterocycles. The van der Waals surface area contributed by atoms with E-state index in [4.69, 9.17) is 0 Å². The van der Waals surface area contributed by atoms with E-state index in [1.54, 1.807) is 24.0 Å². The summed E-state index contributed by atoms with van der Waals surface area (Å²) in [6, 6.07) is 12.8. The molecule has 1 unspecified atom stereocenters. The van der Waals surface area contributed by atoms with Gasteiger partial charge in [0.15, 0.2) is 0 Å². The number of pyridine rings is 1. The number of nitrogens with one attached hydrogen (secondary N) is 1. The van der Waals surface area contributed by atoms with Gasteiger partial charge < -0.3 is 5.32 Å². The van der Waals surface area contributed by atoms with Crippen LogP contribution >= 0.6 is 11.8 Å². The molecule has 6 heteroatoms. The first kappa shape index (κ1) is 16.7. The summed E-state index contributed by atoms with van der Waals surface area (Å²) in [6.45, 7) is 2.42. The van der Waals surface area contributed by atoms with E-state index in [9.17, 15) is 9.00 Å². The van der Waals surface area contributed by atoms with Gasteiger partial charge in [0.05, 0.1) is 21.4 Å². The predicted molar refractivity (Wildman–Crippen MR) is 90.7 cm³/mol. The molecule has 0 radical (unpaired) electrons. The van der Waals surface area contributed by atoms with E-state index in [1.807, 2.05) is 36.4 Å². The number of thioether (sulfide) groups is 1. The maximum atomic E-state index is 12.0. The van der Waals surface area contributed by atoms with Crippen molar-refractivity contribution in [3.63, 3.8) is 0 Å². The van der Waals surface area contributed by atoms with Crippen LogP contribution in [0.25, 0.3) is 0 Å². The van der Waals surface area contributed by atoms with E-state index in [0.29, 0.717) is 17.9 Å². The second-order valence-electron chi connectivity index (χ2n) is 4.44. The van der Waals surface area contributed by atoms with Crippen molar-refractivity contribution in [2.75, 3.05) is 18.1 Å². The first-order valence-electron chi connectivity index (χ1n) is 7.01. The van der Waals surface area contributed by atoms with Crippen LogP contribution in [-0.2, 0) is 10.8 Å². The Labute approximate surface area is 137 Å². The van der Waals surface area contributed by atoms with Crippen molar-refractivity contribution in [3.05, 3.63) is 54.2 Å². The highest BCUT2D eigenvalue weighted by Crippen LogP contribution is 2.14. The van der Waals surface area contributed by atoms with Crippen LogP contribution in [0.15, 0.2) is 58.6 Å². The molecule has 4 nitrogen and oxygen atoms in total. The average molecular weight is 334 g/mol. The Morgan fingerprint density at radius 1 is 1.23 bits per heavy atom. The smallest absolute Gasteiger partial charge is 0.252 e. The maximum Gasteiger partial charge on any atom is 0.252 e. The number of hydrogen-bond acceptors (Lipinski definition) is 4. The van der Waals surface area contributed by atoms with Crippen LogP contribution in [0.2, 0.25) is 0 Å². The third-order valence-corrected chi connectivity index (χ3v) is 5.07. The Morgan fingerprint density at radius 2 is 2.00 bits per heavy atom. The highest BCUT2D eigenvalue weighted by Gasteiger charge is 2.07. The van der Waals surface area contributed by atoms with Gasteiger partial charge in [0.25, 0.3) is 5.91 Å². The van der Waals surface area contributed by atoms with Gasteiger partial charge in [0, 0.05) is 23.4 Å². The van der Waals surface area contributed by atoms with Crippen LogP contribution in [0.3, 0.4) is 0 Å². The molecule has 1 aromatic heterocycles. The predicted octanol–water partition coefficient (Wildman–Crippen LogP) is 2.73. The fourth-order valence-corrected chi connectivity index (χ4v) is 3.37. The minimum absolute atomic E-state index is 0.189. The molecule has 0 saturated carbocycles. The molecule has 2 aromatic rings. The first-order valence-corrected chi connectivity index (χ1v) is 9.31. The summed E-state index contributed by atoms with van der Waals surface area (Å²) in [4.78, 5) is 17.0. The zero-order valence-corrected chi connectivity index (χ0v) is 14.0. The molecule has 1 aromatic carbocycles. The van der Waals surface area contributed by atoms with E-state index >= 15 is 0 Å². The monoisotopic (exact) mass is 334 g/mol. The van der Waals surface area contributed by atoms with Gasteiger partial charge >= 0.3 is 0 Å². The molecular weight excluding hydrogens is 316 g/mol. The van der Waals surface area contributed by atoms with Gasteiger partial charge in [-0.05, 0) is 30.0 Å². The van der Waals surface area contributed by atoms with Crippen LogP contribution < -0.4 is 5.32 Å². The molecule has 1 amide bonds. The molecule has 0 aliphatic carbocycles. The first-order chi connectivity index (χ1) is 10.7. The summed E-state index contributed by atoms with van der Waals surface area (Å²) in [5.41, 5.74) is 0.519. The molecule has 1 atom stereocenters. The van der Waals surface area contributed by atoms with E-state index in [1.165, 1.54) is 0 Å². The summed E-state index contributed by atoms with van der Waals surface area (Å²) in [5, 5.41) is 3.68. The summed E-state index contributed by atoms with van der Waals surface area (Å²) in [7, 11) is -1.10. The highest BCUT2D eigenvalue weighted by molar-refractivity contribution is 7.99. The van der Waals surface area contributed by atoms with Crippen molar-refractivity contribution in [1.29, 1.82) is 0 Å². The van der Waals surface area contributed by atoms with Gasteiger partial charge in [-0.15, -0.1) is 11.8 Å². The Kier molecular flexibility index (Phi) is 6.61. The molecule has 1 heterocycles. The summed E-state index contributed by atoms with van der Waals surface area (Å²) in [6.07, 6.45) is 1.57. The number of rotatable bonds is 7. The van der Waals surface area contributed by atoms with Gasteiger partial charge in [-0.2, -0.15) is 0 Å². The van der Waals surface area contributed by atoms with Crippen LogP contribution in [-0.4, -0.2) is 33.2 Å². The number of benzene rings is 1. The molecule has 22 heavy (non-hydrogen) atoms. The zero-order chi connectivity index (χ0) is 15.8. The number of amides is 1. The Bertz CT molecular complexity index is 630. The van der Waals surface area contributed by atoms with Gasteiger partial charge in [-0.3, -0.25) is 9.00 Å². The lowest BCUT2D eigenvalue weighted by atomic mass is 10.3. The quantitative estimate of drug-likeness (QED) is 0.791. The minimum Gasteiger partial charge on any atom is -0.351 e. The van der Waals surface area contributed by atoms with E-state index in [-0.39, 0.29) is 5.91 Å². The number of nitrogens with zero attached hydrogens (tertiary/aromatic N) is 1. The van der Waals surface area contributed by atoms with Crippen LogP contribution in [0.5, 0.6) is 0 Å². The van der Waals surface area contributed by atoms with Crippen LogP contribution in [0, 0.1) is 0 Å². The van der Waals surface area contributed by atoms with Gasteiger partial charge in [-0.1, -0.05) is 25.1 Å². The van der Waals surface area contributed by atoms with Crippen molar-refractivity contribution in [3.8, 4) is 0 Å². The number of aromatic nitrogens is 1. The topological polar surface area (TPSA) is 59.1 Å². The van der Waals surface area contributed by atoms with Gasteiger partial charge in [0.2, 0.25) is 0 Å². The number of carbonyl (C=O) groups is 1. The lowest BCUT2D eigenvalue weighted by Gasteiger charge is -2.06. The summed E-state index contributed by atoms with van der Waals surface area (Å²) < 4.78 is 12.0. The maximum absolute atomic E-state index is 12.0. The fraction of sp³-hybridized carbons (Fsp3) is 0.250. The molecular formula is C16H18N2O2S2. The van der Waals surface area contributed by atoms with E-state index in [0.717, 1.165) is 15.7 Å². The number of carbonyl (C=O) groups excluding carboxylic acids is 1. The largest absolute Gasteiger partial charge is 0.351 e. The molecule has 0 spiro atoms. The van der Waals surface area contributed by atoms with Crippen LogP contribution in [0.4, 0.5) is 0 Å². The van der Waals surface area contributed by atoms with Gasteiger partial charge in [0.1, 0.15) is 0 Å². The number of hydrogen-bond donors (Lipinski definition) is 1. The lowest BCUT2D eigenvalue weighted by molar-refractivity contribution is 0.0955. The van der Waals surface area contributed by atoms with Crippen molar-refractivity contribution >= 4 is 28.5 Å². The third-order valence-electron chi connectivity index (χ3n) is 2.87. The molecule has 1 N–H and O–H groups in total.